The predicted octanol–water partition coefficient (Wildman–Crippen LogP) is 3.57. The van der Waals surface area contributed by atoms with Crippen LogP contribution in [0.3, 0.4) is 0 Å². The van der Waals surface area contributed by atoms with E-state index >= 15 is 0 Å². The highest BCUT2D eigenvalue weighted by Gasteiger charge is 2.32. The molecule has 2 heterocycles. The van der Waals surface area contributed by atoms with Crippen LogP contribution in [0.1, 0.15) is 22.9 Å². The third-order valence-electron chi connectivity index (χ3n) is 6.62. The Balaban J connectivity index is 1.72. The minimum absolute atomic E-state index is 0.0291. The lowest BCUT2D eigenvalue weighted by Gasteiger charge is -2.40. The standard InChI is InChI=1S/C27H32FN3O4/c1-19-18-24(32)25(27(33)31(19)16-17-34-2)26(20-8-10-21(35-3)11-9-20)30-14-12-29(13-15-30)23-7-5-4-6-22(23)28/h4-11,18,26,32H,12-17H2,1-3H3/t26-/m0/s1. The Bertz CT molecular complexity index is 1200. The summed E-state index contributed by atoms with van der Waals surface area (Å²) in [4.78, 5) is 17.9. The van der Waals surface area contributed by atoms with Gasteiger partial charge in [0, 0.05) is 45.5 Å². The number of hydrogen-bond donors (Lipinski definition) is 1. The molecule has 1 aromatic heterocycles. The van der Waals surface area contributed by atoms with Gasteiger partial charge >= 0.3 is 0 Å². The second-order valence-electron chi connectivity index (χ2n) is 8.68. The number of piperazine rings is 1. The summed E-state index contributed by atoms with van der Waals surface area (Å²) in [6.07, 6.45) is 0. The molecular weight excluding hydrogens is 449 g/mol. The second kappa shape index (κ2) is 10.9. The molecule has 0 bridgehead atoms. The van der Waals surface area contributed by atoms with Crippen molar-refractivity contribution < 1.29 is 19.0 Å². The van der Waals surface area contributed by atoms with E-state index in [1.54, 1.807) is 43.9 Å². The maximum Gasteiger partial charge on any atom is 0.259 e. The van der Waals surface area contributed by atoms with Crippen molar-refractivity contribution in [3.63, 3.8) is 0 Å². The Morgan fingerprint density at radius 1 is 1.03 bits per heavy atom. The van der Waals surface area contributed by atoms with Crippen LogP contribution in [0.25, 0.3) is 0 Å². The zero-order valence-corrected chi connectivity index (χ0v) is 20.4. The van der Waals surface area contributed by atoms with Crippen molar-refractivity contribution in [1.29, 1.82) is 0 Å². The topological polar surface area (TPSA) is 67.2 Å². The molecule has 0 amide bonds. The minimum Gasteiger partial charge on any atom is -0.507 e. The summed E-state index contributed by atoms with van der Waals surface area (Å²) in [5.74, 6) is 0.436. The van der Waals surface area contributed by atoms with E-state index < -0.39 is 6.04 Å². The fraction of sp³-hybridized carbons (Fsp3) is 0.370. The van der Waals surface area contributed by atoms with Crippen molar-refractivity contribution in [3.8, 4) is 11.5 Å². The van der Waals surface area contributed by atoms with Gasteiger partial charge in [-0.15, -0.1) is 0 Å². The van der Waals surface area contributed by atoms with Gasteiger partial charge in [-0.05, 0) is 42.8 Å². The van der Waals surface area contributed by atoms with Crippen molar-refractivity contribution >= 4 is 5.69 Å². The zero-order chi connectivity index (χ0) is 24.9. The molecule has 7 nitrogen and oxygen atoms in total. The number of ether oxygens (including phenoxy) is 2. The highest BCUT2D eigenvalue weighted by molar-refractivity contribution is 5.48. The van der Waals surface area contributed by atoms with Crippen LogP contribution < -0.4 is 15.2 Å². The molecule has 1 saturated heterocycles. The molecule has 1 N–H and O–H groups in total. The lowest BCUT2D eigenvalue weighted by Crippen LogP contribution is -2.49. The van der Waals surface area contributed by atoms with Gasteiger partial charge < -0.3 is 24.0 Å². The number of benzene rings is 2. The second-order valence-corrected chi connectivity index (χ2v) is 8.68. The number of rotatable bonds is 8. The van der Waals surface area contributed by atoms with Crippen molar-refractivity contribution in [3.05, 3.63) is 87.6 Å². The van der Waals surface area contributed by atoms with Crippen molar-refractivity contribution in [2.75, 3.05) is 51.9 Å². The Morgan fingerprint density at radius 3 is 2.34 bits per heavy atom. The first-order valence-corrected chi connectivity index (χ1v) is 11.7. The number of nitrogens with zero attached hydrogens (tertiary/aromatic N) is 3. The third kappa shape index (κ3) is 5.18. The molecule has 0 unspecified atom stereocenters. The highest BCUT2D eigenvalue weighted by atomic mass is 19.1. The average molecular weight is 482 g/mol. The molecule has 3 aromatic rings. The first-order valence-electron chi connectivity index (χ1n) is 11.7. The molecular formula is C27H32FN3O4. The van der Waals surface area contributed by atoms with Crippen LogP contribution >= 0.6 is 0 Å². The van der Waals surface area contributed by atoms with E-state index in [-0.39, 0.29) is 17.1 Å². The number of aromatic hydroxyl groups is 1. The van der Waals surface area contributed by atoms with E-state index in [0.717, 1.165) is 5.56 Å². The molecule has 1 atom stereocenters. The number of aromatic nitrogens is 1. The number of hydrogen-bond acceptors (Lipinski definition) is 6. The number of para-hydroxylation sites is 1. The zero-order valence-electron chi connectivity index (χ0n) is 20.4. The molecule has 8 heteroatoms. The Kier molecular flexibility index (Phi) is 7.73. The van der Waals surface area contributed by atoms with Gasteiger partial charge in [0.15, 0.2) is 0 Å². The summed E-state index contributed by atoms with van der Waals surface area (Å²) in [7, 11) is 3.20. The molecule has 0 saturated carbocycles. The van der Waals surface area contributed by atoms with Crippen LogP contribution in [-0.4, -0.2) is 61.6 Å². The summed E-state index contributed by atoms with van der Waals surface area (Å²) in [6, 6.07) is 15.5. The third-order valence-corrected chi connectivity index (χ3v) is 6.62. The van der Waals surface area contributed by atoms with E-state index in [9.17, 15) is 14.3 Å². The normalized spacial score (nSPS) is 15.3. The maximum absolute atomic E-state index is 14.4. The molecule has 0 radical (unpaired) electrons. The van der Waals surface area contributed by atoms with Crippen LogP contribution in [0.15, 0.2) is 59.4 Å². The van der Waals surface area contributed by atoms with Gasteiger partial charge in [0.05, 0.1) is 31.0 Å². The predicted molar refractivity (Wildman–Crippen MR) is 134 cm³/mol. The molecule has 1 aliphatic heterocycles. The first-order chi connectivity index (χ1) is 16.9. The fourth-order valence-electron chi connectivity index (χ4n) is 4.76. The summed E-state index contributed by atoms with van der Waals surface area (Å²) in [5.41, 5.74) is 2.22. The molecule has 1 fully saturated rings. The summed E-state index contributed by atoms with van der Waals surface area (Å²) in [6.45, 7) is 4.96. The van der Waals surface area contributed by atoms with Crippen molar-refractivity contribution in [1.82, 2.24) is 9.47 Å². The average Bonchev–Trinajstić information content (AvgIpc) is 2.87. The van der Waals surface area contributed by atoms with Crippen molar-refractivity contribution in [2.45, 2.75) is 19.5 Å². The lowest BCUT2D eigenvalue weighted by molar-refractivity contribution is 0.183. The van der Waals surface area contributed by atoms with Gasteiger partial charge in [0.2, 0.25) is 0 Å². The van der Waals surface area contributed by atoms with Crippen molar-refractivity contribution in [2.24, 2.45) is 0 Å². The van der Waals surface area contributed by atoms with E-state index in [4.69, 9.17) is 9.47 Å². The molecule has 2 aromatic carbocycles. The van der Waals surface area contributed by atoms with Crippen LogP contribution in [-0.2, 0) is 11.3 Å². The molecule has 1 aliphatic rings. The summed E-state index contributed by atoms with van der Waals surface area (Å²) < 4.78 is 26.5. The summed E-state index contributed by atoms with van der Waals surface area (Å²) in [5, 5.41) is 11.0. The SMILES string of the molecule is COCCn1c(C)cc(O)c([C@H](c2ccc(OC)cc2)N2CCN(c3ccccc3F)CC2)c1=O. The van der Waals surface area contributed by atoms with Gasteiger partial charge in [-0.2, -0.15) is 0 Å². The number of pyridine rings is 1. The number of methoxy groups -OCH3 is 2. The van der Waals surface area contributed by atoms with Gasteiger partial charge in [0.25, 0.3) is 5.56 Å². The largest absolute Gasteiger partial charge is 0.507 e. The molecule has 4 rings (SSSR count). The lowest BCUT2D eigenvalue weighted by atomic mass is 9.95. The highest BCUT2D eigenvalue weighted by Crippen LogP contribution is 2.34. The van der Waals surface area contributed by atoms with E-state index in [1.807, 2.05) is 35.2 Å². The Morgan fingerprint density at radius 2 is 1.71 bits per heavy atom. The molecule has 0 aliphatic carbocycles. The van der Waals surface area contributed by atoms with Crippen LogP contribution in [0, 0.1) is 12.7 Å². The molecule has 0 spiro atoms. The van der Waals surface area contributed by atoms with Crippen LogP contribution in [0.4, 0.5) is 10.1 Å². The maximum atomic E-state index is 14.4. The van der Waals surface area contributed by atoms with Gasteiger partial charge in [-0.1, -0.05) is 24.3 Å². The minimum atomic E-state index is -0.467. The molecule has 35 heavy (non-hydrogen) atoms. The Hall–Kier alpha value is -3.36. The van der Waals surface area contributed by atoms with E-state index in [2.05, 4.69) is 4.90 Å². The Labute approximate surface area is 204 Å². The fourth-order valence-corrected chi connectivity index (χ4v) is 4.76. The van der Waals surface area contributed by atoms with Crippen LogP contribution in [0.2, 0.25) is 0 Å². The number of halogens is 1. The number of aryl methyl sites for hydroxylation is 1. The van der Waals surface area contributed by atoms with Gasteiger partial charge in [-0.25, -0.2) is 4.39 Å². The van der Waals surface area contributed by atoms with Gasteiger partial charge in [0.1, 0.15) is 17.3 Å². The molecule has 186 valence electrons. The van der Waals surface area contributed by atoms with Gasteiger partial charge in [-0.3, -0.25) is 9.69 Å². The smallest absolute Gasteiger partial charge is 0.259 e. The summed E-state index contributed by atoms with van der Waals surface area (Å²) >= 11 is 0. The number of anilines is 1. The quantitative estimate of drug-likeness (QED) is 0.531. The van der Waals surface area contributed by atoms with Crippen LogP contribution in [0.5, 0.6) is 11.5 Å². The first kappa shape index (κ1) is 24.8. The van der Waals surface area contributed by atoms with E-state index in [1.165, 1.54) is 6.07 Å². The van der Waals surface area contributed by atoms with E-state index in [0.29, 0.717) is 62.0 Å². The monoisotopic (exact) mass is 481 g/mol.